The van der Waals surface area contributed by atoms with Gasteiger partial charge in [0.25, 0.3) is 0 Å². The minimum atomic E-state index is -1.05. The summed E-state index contributed by atoms with van der Waals surface area (Å²) in [5.41, 5.74) is -1.05. The zero-order valence-corrected chi connectivity index (χ0v) is 11.7. The van der Waals surface area contributed by atoms with Crippen LogP contribution in [0.2, 0.25) is 0 Å². The van der Waals surface area contributed by atoms with E-state index in [9.17, 15) is 9.59 Å². The fourth-order valence-corrected chi connectivity index (χ4v) is 3.21. The van der Waals surface area contributed by atoms with Crippen LogP contribution in [0, 0.1) is 11.3 Å². The number of hydrogen-bond donors (Lipinski definition) is 0. The molecule has 0 heterocycles. The van der Waals surface area contributed by atoms with Crippen molar-refractivity contribution < 1.29 is 23.8 Å². The van der Waals surface area contributed by atoms with Crippen molar-refractivity contribution in [2.24, 2.45) is 11.3 Å². The first-order valence-electron chi connectivity index (χ1n) is 6.60. The van der Waals surface area contributed by atoms with E-state index in [4.69, 9.17) is 14.2 Å². The van der Waals surface area contributed by atoms with Crippen molar-refractivity contribution in [1.29, 1.82) is 0 Å². The Morgan fingerprint density at radius 1 is 1.32 bits per heavy atom. The van der Waals surface area contributed by atoms with E-state index >= 15 is 0 Å². The highest BCUT2D eigenvalue weighted by atomic mass is 16.5. The molecule has 0 unspecified atom stereocenters. The Morgan fingerprint density at radius 2 is 2.00 bits per heavy atom. The molecular weight excluding hydrogens is 248 g/mol. The van der Waals surface area contributed by atoms with Gasteiger partial charge in [-0.3, -0.25) is 9.59 Å². The van der Waals surface area contributed by atoms with Gasteiger partial charge in [0.1, 0.15) is 16.9 Å². The van der Waals surface area contributed by atoms with E-state index in [-0.39, 0.29) is 24.7 Å². The first kappa shape index (κ1) is 13.9. The summed E-state index contributed by atoms with van der Waals surface area (Å²) < 4.78 is 15.8. The van der Waals surface area contributed by atoms with E-state index < -0.39 is 11.4 Å². The van der Waals surface area contributed by atoms with Crippen molar-refractivity contribution in [1.82, 2.24) is 0 Å². The third kappa shape index (κ3) is 2.01. The number of carbonyl (C=O) groups is 2. The van der Waals surface area contributed by atoms with Crippen LogP contribution in [0.1, 0.15) is 32.6 Å². The van der Waals surface area contributed by atoms with Crippen molar-refractivity contribution in [3.63, 3.8) is 0 Å². The van der Waals surface area contributed by atoms with Crippen LogP contribution in [0.4, 0.5) is 0 Å². The highest BCUT2D eigenvalue weighted by molar-refractivity contribution is 6.06. The van der Waals surface area contributed by atoms with Crippen molar-refractivity contribution in [2.75, 3.05) is 20.8 Å². The molecule has 2 aliphatic carbocycles. The van der Waals surface area contributed by atoms with Crippen molar-refractivity contribution in [3.05, 3.63) is 11.5 Å². The van der Waals surface area contributed by atoms with Crippen LogP contribution in [-0.2, 0) is 23.8 Å². The summed E-state index contributed by atoms with van der Waals surface area (Å²) in [6.45, 7) is 2.03. The average molecular weight is 268 g/mol. The molecule has 5 nitrogen and oxygen atoms in total. The second-order valence-corrected chi connectivity index (χ2v) is 4.99. The maximum Gasteiger partial charge on any atom is 0.320 e. The zero-order chi connectivity index (χ0) is 14.0. The predicted molar refractivity (Wildman–Crippen MR) is 67.1 cm³/mol. The average Bonchev–Trinajstić information content (AvgIpc) is 2.75. The fourth-order valence-electron chi connectivity index (χ4n) is 3.21. The molecule has 1 saturated carbocycles. The lowest BCUT2D eigenvalue weighted by atomic mass is 9.69. The highest BCUT2D eigenvalue weighted by Crippen LogP contribution is 2.52. The number of Topliss-reactive ketones (excluding diaryl/α,β-unsaturated/α-hetero) is 1. The SMILES string of the molecule is CCOC(=O)[C@@]12CC(OC)=C(OC)C[C@@H]1CCC2=O. The van der Waals surface area contributed by atoms with Gasteiger partial charge >= 0.3 is 5.97 Å². The number of esters is 1. The quantitative estimate of drug-likeness (QED) is 0.575. The lowest BCUT2D eigenvalue weighted by molar-refractivity contribution is -0.163. The van der Waals surface area contributed by atoms with Gasteiger partial charge in [-0.1, -0.05) is 0 Å². The molecule has 5 heteroatoms. The molecule has 0 aromatic rings. The third-order valence-corrected chi connectivity index (χ3v) is 4.23. The molecule has 0 aliphatic heterocycles. The first-order valence-corrected chi connectivity index (χ1v) is 6.60. The number of carbonyl (C=O) groups excluding carboxylic acids is 2. The molecule has 0 radical (unpaired) electrons. The predicted octanol–water partition coefficient (Wildman–Crippen LogP) is 1.81. The van der Waals surface area contributed by atoms with Crippen LogP contribution in [0.5, 0.6) is 0 Å². The Bertz CT molecular complexity index is 426. The minimum absolute atomic E-state index is 0.0272. The van der Waals surface area contributed by atoms with Gasteiger partial charge in [-0.05, 0) is 19.3 Å². The summed E-state index contributed by atoms with van der Waals surface area (Å²) >= 11 is 0. The molecule has 2 aliphatic rings. The van der Waals surface area contributed by atoms with Crippen LogP contribution < -0.4 is 0 Å². The molecule has 106 valence electrons. The van der Waals surface area contributed by atoms with E-state index in [1.807, 2.05) is 0 Å². The maximum absolute atomic E-state index is 12.3. The maximum atomic E-state index is 12.3. The van der Waals surface area contributed by atoms with Gasteiger partial charge in [0.15, 0.2) is 5.78 Å². The molecule has 2 atom stereocenters. The third-order valence-electron chi connectivity index (χ3n) is 4.23. The Morgan fingerprint density at radius 3 is 2.58 bits per heavy atom. The molecule has 0 saturated heterocycles. The Kier molecular flexibility index (Phi) is 3.83. The smallest absolute Gasteiger partial charge is 0.320 e. The second-order valence-electron chi connectivity index (χ2n) is 4.99. The van der Waals surface area contributed by atoms with E-state index in [0.29, 0.717) is 25.0 Å². The normalized spacial score (nSPS) is 30.1. The van der Waals surface area contributed by atoms with Gasteiger partial charge in [-0.25, -0.2) is 0 Å². The molecule has 1 fully saturated rings. The number of ether oxygens (including phenoxy) is 3. The number of fused-ring (bicyclic) bond motifs is 1. The number of rotatable bonds is 4. The van der Waals surface area contributed by atoms with Crippen LogP contribution in [-0.4, -0.2) is 32.6 Å². The molecule has 2 rings (SSSR count). The highest BCUT2D eigenvalue weighted by Gasteiger charge is 2.59. The van der Waals surface area contributed by atoms with E-state index in [1.54, 1.807) is 14.0 Å². The van der Waals surface area contributed by atoms with Crippen molar-refractivity contribution in [3.8, 4) is 0 Å². The number of methoxy groups -OCH3 is 2. The molecule has 0 spiro atoms. The van der Waals surface area contributed by atoms with Crippen molar-refractivity contribution >= 4 is 11.8 Å². The van der Waals surface area contributed by atoms with Crippen LogP contribution in [0.3, 0.4) is 0 Å². The topological polar surface area (TPSA) is 61.8 Å². The van der Waals surface area contributed by atoms with Crippen LogP contribution in [0.25, 0.3) is 0 Å². The van der Waals surface area contributed by atoms with Gasteiger partial charge in [0, 0.05) is 19.3 Å². The molecule has 0 aromatic carbocycles. The Hall–Kier alpha value is -1.52. The summed E-state index contributed by atoms with van der Waals surface area (Å²) in [5, 5.41) is 0. The van der Waals surface area contributed by atoms with E-state index in [0.717, 1.165) is 5.76 Å². The van der Waals surface area contributed by atoms with Gasteiger partial charge < -0.3 is 14.2 Å². The van der Waals surface area contributed by atoms with Gasteiger partial charge in [0.05, 0.1) is 20.8 Å². The van der Waals surface area contributed by atoms with Gasteiger partial charge in [-0.2, -0.15) is 0 Å². The summed E-state index contributed by atoms with van der Waals surface area (Å²) in [5.74, 6) is 0.852. The monoisotopic (exact) mass is 268 g/mol. The number of hydrogen-bond acceptors (Lipinski definition) is 5. The summed E-state index contributed by atoms with van der Waals surface area (Å²) in [6, 6.07) is 0. The van der Waals surface area contributed by atoms with Gasteiger partial charge in [-0.15, -0.1) is 0 Å². The zero-order valence-electron chi connectivity index (χ0n) is 11.7. The molecular formula is C14H20O5. The number of allylic oxidation sites excluding steroid dienone is 2. The van der Waals surface area contributed by atoms with Crippen molar-refractivity contribution in [2.45, 2.75) is 32.6 Å². The molecule has 0 aromatic heterocycles. The van der Waals surface area contributed by atoms with E-state index in [1.165, 1.54) is 7.11 Å². The molecule has 0 N–H and O–H groups in total. The minimum Gasteiger partial charge on any atom is -0.498 e. The fraction of sp³-hybridized carbons (Fsp3) is 0.714. The molecule has 0 amide bonds. The standard InChI is InChI=1S/C14H20O5/c1-4-19-13(16)14-8-11(18-3)10(17-2)7-9(14)5-6-12(14)15/h9H,4-8H2,1-3H3/t9-,14-/m0/s1. The first-order chi connectivity index (χ1) is 9.09. The summed E-state index contributed by atoms with van der Waals surface area (Å²) in [7, 11) is 3.12. The number of ketones is 1. The van der Waals surface area contributed by atoms with Gasteiger partial charge in [0.2, 0.25) is 0 Å². The molecule has 0 bridgehead atoms. The Labute approximate surface area is 112 Å². The second kappa shape index (κ2) is 5.23. The summed E-state index contributed by atoms with van der Waals surface area (Å²) in [4.78, 5) is 24.6. The van der Waals surface area contributed by atoms with E-state index in [2.05, 4.69) is 0 Å². The van der Waals surface area contributed by atoms with Crippen LogP contribution >= 0.6 is 0 Å². The van der Waals surface area contributed by atoms with Crippen LogP contribution in [0.15, 0.2) is 11.5 Å². The Balaban J connectivity index is 2.40. The summed E-state index contributed by atoms with van der Waals surface area (Å²) in [6.07, 6.45) is 1.96. The lowest BCUT2D eigenvalue weighted by Crippen LogP contribution is -2.45. The molecule has 19 heavy (non-hydrogen) atoms. The lowest BCUT2D eigenvalue weighted by Gasteiger charge is -2.36. The largest absolute Gasteiger partial charge is 0.498 e.